The van der Waals surface area contributed by atoms with Gasteiger partial charge in [0.05, 0.1) is 7.11 Å². The molecule has 2 rings (SSSR count). The number of halogens is 2. The Morgan fingerprint density at radius 2 is 1.79 bits per heavy atom. The number of hydrogen-bond donors (Lipinski definition) is 1. The zero-order valence-corrected chi connectivity index (χ0v) is 16.8. The molecular formula is C19H23BrClNO2. The summed E-state index contributed by atoms with van der Waals surface area (Å²) in [6.07, 6.45) is 0. The summed E-state index contributed by atoms with van der Waals surface area (Å²) in [7, 11) is 1.65. The summed E-state index contributed by atoms with van der Waals surface area (Å²) in [5.41, 5.74) is 2.11. The highest BCUT2D eigenvalue weighted by Gasteiger charge is 2.14. The molecule has 0 atom stereocenters. The molecule has 3 nitrogen and oxygen atoms in total. The molecule has 0 unspecified atom stereocenters. The number of rotatable bonds is 6. The van der Waals surface area contributed by atoms with Gasteiger partial charge < -0.3 is 14.8 Å². The van der Waals surface area contributed by atoms with E-state index in [9.17, 15) is 0 Å². The molecule has 24 heavy (non-hydrogen) atoms. The summed E-state index contributed by atoms with van der Waals surface area (Å²) in [6.45, 7) is 7.55. The monoisotopic (exact) mass is 411 g/mol. The second-order valence-corrected chi connectivity index (χ2v) is 7.84. The van der Waals surface area contributed by atoms with E-state index in [2.05, 4.69) is 42.0 Å². The molecule has 0 bridgehead atoms. The zero-order chi connectivity index (χ0) is 17.7. The summed E-state index contributed by atoms with van der Waals surface area (Å²) in [6, 6.07) is 11.6. The maximum absolute atomic E-state index is 6.18. The first-order chi connectivity index (χ1) is 11.3. The lowest BCUT2D eigenvalue weighted by atomic mass is 10.1. The van der Waals surface area contributed by atoms with Gasteiger partial charge in [-0.1, -0.05) is 45.7 Å². The lowest BCUT2D eigenvalue weighted by Gasteiger charge is -2.22. The second kappa shape index (κ2) is 8.24. The van der Waals surface area contributed by atoms with Crippen LogP contribution in [0.15, 0.2) is 40.9 Å². The van der Waals surface area contributed by atoms with Crippen LogP contribution in [0.2, 0.25) is 5.02 Å². The summed E-state index contributed by atoms with van der Waals surface area (Å²) in [5, 5.41) is 4.17. The van der Waals surface area contributed by atoms with Crippen LogP contribution in [0.25, 0.3) is 0 Å². The van der Waals surface area contributed by atoms with Crippen LogP contribution in [0, 0.1) is 0 Å². The van der Waals surface area contributed by atoms with Crippen molar-refractivity contribution in [1.82, 2.24) is 5.32 Å². The molecule has 2 aromatic rings. The van der Waals surface area contributed by atoms with E-state index < -0.39 is 0 Å². The standard InChI is InChI=1S/C19H23BrClNO2/c1-19(2,3)22-11-14-9-17(23-4)18(10-15(14)20)24-12-13-7-5-6-8-16(13)21/h5-10,22H,11-12H2,1-4H3. The van der Waals surface area contributed by atoms with Gasteiger partial charge in [0.15, 0.2) is 11.5 Å². The molecule has 0 heterocycles. The van der Waals surface area contributed by atoms with Gasteiger partial charge in [-0.25, -0.2) is 0 Å². The highest BCUT2D eigenvalue weighted by molar-refractivity contribution is 9.10. The van der Waals surface area contributed by atoms with Gasteiger partial charge in [-0.15, -0.1) is 0 Å². The third-order valence-electron chi connectivity index (χ3n) is 3.48. The molecule has 0 saturated heterocycles. The molecule has 0 fully saturated rings. The van der Waals surface area contributed by atoms with Crippen molar-refractivity contribution in [3.8, 4) is 11.5 Å². The Morgan fingerprint density at radius 3 is 2.42 bits per heavy atom. The fourth-order valence-electron chi connectivity index (χ4n) is 2.12. The Bertz CT molecular complexity index is 698. The zero-order valence-electron chi connectivity index (χ0n) is 14.5. The van der Waals surface area contributed by atoms with Crippen LogP contribution in [-0.4, -0.2) is 12.6 Å². The third kappa shape index (κ3) is 5.40. The third-order valence-corrected chi connectivity index (χ3v) is 4.59. The molecule has 0 aliphatic carbocycles. The fourth-order valence-corrected chi connectivity index (χ4v) is 2.77. The molecule has 0 spiro atoms. The lowest BCUT2D eigenvalue weighted by Crippen LogP contribution is -2.35. The maximum atomic E-state index is 6.18. The van der Waals surface area contributed by atoms with Crippen molar-refractivity contribution in [2.24, 2.45) is 0 Å². The first-order valence-electron chi connectivity index (χ1n) is 7.78. The minimum atomic E-state index is 0.0475. The van der Waals surface area contributed by atoms with Crippen molar-refractivity contribution >= 4 is 27.5 Å². The first-order valence-corrected chi connectivity index (χ1v) is 8.95. The van der Waals surface area contributed by atoms with Gasteiger partial charge in [0.2, 0.25) is 0 Å². The Kier molecular flexibility index (Phi) is 6.55. The van der Waals surface area contributed by atoms with Crippen molar-refractivity contribution in [1.29, 1.82) is 0 Å². The summed E-state index contributed by atoms with van der Waals surface area (Å²) in [5.74, 6) is 1.39. The fraction of sp³-hybridized carbons (Fsp3) is 0.368. The normalized spacial score (nSPS) is 11.4. The predicted octanol–water partition coefficient (Wildman–Crippen LogP) is 5.58. The van der Waals surface area contributed by atoms with E-state index in [0.717, 1.165) is 22.1 Å². The Balaban J connectivity index is 2.15. The smallest absolute Gasteiger partial charge is 0.162 e. The molecule has 0 aliphatic heterocycles. The summed E-state index contributed by atoms with van der Waals surface area (Å²) >= 11 is 9.79. The quantitative estimate of drug-likeness (QED) is 0.672. The highest BCUT2D eigenvalue weighted by atomic mass is 79.9. The van der Waals surface area contributed by atoms with Gasteiger partial charge >= 0.3 is 0 Å². The van der Waals surface area contributed by atoms with Crippen molar-refractivity contribution in [2.45, 2.75) is 39.5 Å². The van der Waals surface area contributed by atoms with E-state index in [4.69, 9.17) is 21.1 Å². The molecule has 130 valence electrons. The number of nitrogens with one attached hydrogen (secondary N) is 1. The Hall–Kier alpha value is -1.23. The van der Waals surface area contributed by atoms with Gasteiger partial charge in [-0.3, -0.25) is 0 Å². The number of hydrogen-bond acceptors (Lipinski definition) is 3. The molecule has 0 aliphatic rings. The Labute approximate surface area is 157 Å². The molecule has 0 saturated carbocycles. The molecule has 0 aromatic heterocycles. The van der Waals surface area contributed by atoms with Crippen LogP contribution in [0.4, 0.5) is 0 Å². The van der Waals surface area contributed by atoms with Crippen molar-refractivity contribution < 1.29 is 9.47 Å². The van der Waals surface area contributed by atoms with Crippen LogP contribution in [0.5, 0.6) is 11.5 Å². The lowest BCUT2D eigenvalue weighted by molar-refractivity contribution is 0.284. The average molecular weight is 413 g/mol. The van der Waals surface area contributed by atoms with Gasteiger partial charge in [-0.05, 0) is 44.5 Å². The van der Waals surface area contributed by atoms with Crippen LogP contribution >= 0.6 is 27.5 Å². The van der Waals surface area contributed by atoms with E-state index >= 15 is 0 Å². The van der Waals surface area contributed by atoms with Crippen molar-refractivity contribution in [3.05, 3.63) is 57.0 Å². The number of methoxy groups -OCH3 is 1. The van der Waals surface area contributed by atoms with E-state index in [1.807, 2.05) is 36.4 Å². The van der Waals surface area contributed by atoms with Crippen LogP contribution in [0.3, 0.4) is 0 Å². The van der Waals surface area contributed by atoms with E-state index in [1.54, 1.807) is 7.11 Å². The number of benzene rings is 2. The molecule has 5 heteroatoms. The van der Waals surface area contributed by atoms with Crippen LogP contribution in [0.1, 0.15) is 31.9 Å². The van der Waals surface area contributed by atoms with Gasteiger partial charge in [-0.2, -0.15) is 0 Å². The summed E-state index contributed by atoms with van der Waals surface area (Å²) < 4.78 is 12.4. The highest BCUT2D eigenvalue weighted by Crippen LogP contribution is 2.34. The van der Waals surface area contributed by atoms with Crippen molar-refractivity contribution in [3.63, 3.8) is 0 Å². The number of ether oxygens (including phenoxy) is 2. The van der Waals surface area contributed by atoms with E-state index in [1.165, 1.54) is 0 Å². The topological polar surface area (TPSA) is 30.5 Å². The molecule has 0 amide bonds. The van der Waals surface area contributed by atoms with E-state index in [0.29, 0.717) is 23.1 Å². The minimum absolute atomic E-state index is 0.0475. The second-order valence-electron chi connectivity index (χ2n) is 6.58. The Morgan fingerprint density at radius 1 is 1.08 bits per heavy atom. The molecule has 2 aromatic carbocycles. The molecular weight excluding hydrogens is 390 g/mol. The SMILES string of the molecule is COc1cc(CNC(C)(C)C)c(Br)cc1OCc1ccccc1Cl. The predicted molar refractivity (Wildman–Crippen MR) is 103 cm³/mol. The van der Waals surface area contributed by atoms with Gasteiger partial charge in [0, 0.05) is 27.1 Å². The first kappa shape index (κ1) is 19.1. The maximum Gasteiger partial charge on any atom is 0.162 e. The van der Waals surface area contributed by atoms with Gasteiger partial charge in [0.1, 0.15) is 6.61 Å². The minimum Gasteiger partial charge on any atom is -0.493 e. The largest absolute Gasteiger partial charge is 0.493 e. The molecule has 1 N–H and O–H groups in total. The van der Waals surface area contributed by atoms with Gasteiger partial charge in [0.25, 0.3) is 0 Å². The van der Waals surface area contributed by atoms with Crippen LogP contribution < -0.4 is 14.8 Å². The summed E-state index contributed by atoms with van der Waals surface area (Å²) in [4.78, 5) is 0. The molecule has 0 radical (unpaired) electrons. The average Bonchev–Trinajstić information content (AvgIpc) is 2.52. The van der Waals surface area contributed by atoms with Crippen molar-refractivity contribution in [2.75, 3.05) is 7.11 Å². The van der Waals surface area contributed by atoms with E-state index in [-0.39, 0.29) is 5.54 Å². The van der Waals surface area contributed by atoms with Crippen LogP contribution in [-0.2, 0) is 13.2 Å².